The Morgan fingerprint density at radius 1 is 0.309 bits per heavy atom. The lowest BCUT2D eigenvalue weighted by Gasteiger charge is -2.30. The fraction of sp³-hybridized carbons (Fsp3) is 0.0192. The summed E-state index contributed by atoms with van der Waals surface area (Å²) in [7, 11) is 0. The second kappa shape index (κ2) is 12.4. The van der Waals surface area contributed by atoms with E-state index in [0.29, 0.717) is 5.82 Å². The number of nitrogens with zero attached hydrogens (tertiary/aromatic N) is 3. The van der Waals surface area contributed by atoms with Gasteiger partial charge >= 0.3 is 0 Å². The van der Waals surface area contributed by atoms with E-state index >= 15 is 0 Å². The van der Waals surface area contributed by atoms with Crippen molar-refractivity contribution in [2.75, 3.05) is 0 Å². The first kappa shape index (κ1) is 31.3. The van der Waals surface area contributed by atoms with Crippen LogP contribution in [0.1, 0.15) is 22.3 Å². The molecule has 0 fully saturated rings. The summed E-state index contributed by atoms with van der Waals surface area (Å²) in [5, 5.41) is 0. The van der Waals surface area contributed by atoms with Crippen LogP contribution in [-0.2, 0) is 5.41 Å². The molecule has 0 radical (unpaired) electrons. The Kier molecular flexibility index (Phi) is 7.08. The molecule has 2 aliphatic carbocycles. The van der Waals surface area contributed by atoms with Gasteiger partial charge in [-0.05, 0) is 91.0 Å². The van der Waals surface area contributed by atoms with Gasteiger partial charge in [-0.1, -0.05) is 164 Å². The molecular weight excluding hydrogens is 667 g/mol. The highest BCUT2D eigenvalue weighted by Gasteiger charge is 2.51. The van der Waals surface area contributed by atoms with E-state index in [4.69, 9.17) is 9.97 Å². The van der Waals surface area contributed by atoms with Gasteiger partial charge in [-0.3, -0.25) is 4.98 Å². The van der Waals surface area contributed by atoms with Gasteiger partial charge in [0, 0.05) is 29.1 Å². The van der Waals surface area contributed by atoms with Crippen molar-refractivity contribution < 1.29 is 0 Å². The van der Waals surface area contributed by atoms with E-state index in [1.165, 1.54) is 61.2 Å². The van der Waals surface area contributed by atoms with Gasteiger partial charge in [-0.25, -0.2) is 9.97 Å². The maximum absolute atomic E-state index is 5.13. The van der Waals surface area contributed by atoms with Crippen LogP contribution in [0.15, 0.2) is 200 Å². The van der Waals surface area contributed by atoms with E-state index in [-0.39, 0.29) is 5.41 Å². The minimum Gasteiger partial charge on any atom is -0.264 e. The summed E-state index contributed by atoms with van der Waals surface area (Å²) in [6.45, 7) is 0. The molecule has 0 aliphatic heterocycles. The maximum Gasteiger partial charge on any atom is 0.160 e. The normalized spacial score (nSPS) is 12.9. The maximum atomic E-state index is 5.13. The predicted octanol–water partition coefficient (Wildman–Crippen LogP) is 12.6. The van der Waals surface area contributed by atoms with Crippen LogP contribution in [-0.4, -0.2) is 15.0 Å². The molecule has 55 heavy (non-hydrogen) atoms. The van der Waals surface area contributed by atoms with Crippen molar-refractivity contribution in [3.05, 3.63) is 223 Å². The summed E-state index contributed by atoms with van der Waals surface area (Å²) < 4.78 is 0. The Hall–Kier alpha value is -7.23. The SMILES string of the molecule is c1ccc(-c2ccc(-c3cc(-c4cccnc4)nc(-c4ccc(-c5ccc6c(c5)C5(c7ccccc7-c7ccccc75)c5ccccc5-6)cc4)n3)cc2)cc1. The number of aromatic nitrogens is 3. The highest BCUT2D eigenvalue weighted by atomic mass is 14.9. The number of hydrogen-bond acceptors (Lipinski definition) is 3. The zero-order valence-electron chi connectivity index (χ0n) is 29.9. The van der Waals surface area contributed by atoms with Crippen molar-refractivity contribution in [2.24, 2.45) is 0 Å². The summed E-state index contributed by atoms with van der Waals surface area (Å²) in [5.41, 5.74) is 19.6. The second-order valence-electron chi connectivity index (χ2n) is 14.4. The van der Waals surface area contributed by atoms with Gasteiger partial charge in [0.2, 0.25) is 0 Å². The molecular formula is C52H33N3. The monoisotopic (exact) mass is 699 g/mol. The van der Waals surface area contributed by atoms with Gasteiger partial charge in [0.15, 0.2) is 5.82 Å². The average Bonchev–Trinajstić information content (AvgIpc) is 3.74. The predicted molar refractivity (Wildman–Crippen MR) is 223 cm³/mol. The van der Waals surface area contributed by atoms with Crippen molar-refractivity contribution in [3.8, 4) is 78.4 Å². The standard InChI is InChI=1S/C52H33N3/c1-2-11-34(12-3-1)35-20-24-37(25-21-35)49-32-50(40-13-10-30-53-33-40)55-51(54-49)38-26-22-36(23-27-38)39-28-29-44-43-16-6-9-19-47(43)52(48(44)31-39)45-17-7-4-14-41(45)42-15-5-8-18-46(42)52/h1-33H. The number of rotatable bonds is 5. The van der Waals surface area contributed by atoms with Gasteiger partial charge in [-0.15, -0.1) is 0 Å². The van der Waals surface area contributed by atoms with Crippen LogP contribution in [0.25, 0.3) is 78.4 Å². The zero-order chi connectivity index (χ0) is 36.3. The van der Waals surface area contributed by atoms with Gasteiger partial charge in [0.25, 0.3) is 0 Å². The number of hydrogen-bond donors (Lipinski definition) is 0. The summed E-state index contributed by atoms with van der Waals surface area (Å²) in [6, 6.07) is 67.7. The van der Waals surface area contributed by atoms with E-state index in [2.05, 4.69) is 175 Å². The van der Waals surface area contributed by atoms with Crippen LogP contribution < -0.4 is 0 Å². The number of fused-ring (bicyclic) bond motifs is 10. The Morgan fingerprint density at radius 3 is 1.36 bits per heavy atom. The van der Waals surface area contributed by atoms with Crippen molar-refractivity contribution in [1.82, 2.24) is 15.0 Å². The van der Waals surface area contributed by atoms with Crippen LogP contribution >= 0.6 is 0 Å². The van der Waals surface area contributed by atoms with Gasteiger partial charge in [-0.2, -0.15) is 0 Å². The van der Waals surface area contributed by atoms with Crippen LogP contribution in [0, 0.1) is 0 Å². The fourth-order valence-corrected chi connectivity index (χ4v) is 8.94. The van der Waals surface area contributed by atoms with Crippen LogP contribution in [0.5, 0.6) is 0 Å². The largest absolute Gasteiger partial charge is 0.264 e. The molecule has 0 amide bonds. The topological polar surface area (TPSA) is 38.7 Å². The minimum atomic E-state index is -0.370. The smallest absolute Gasteiger partial charge is 0.160 e. The third-order valence-electron chi connectivity index (χ3n) is 11.4. The van der Waals surface area contributed by atoms with Crippen LogP contribution in [0.2, 0.25) is 0 Å². The van der Waals surface area contributed by atoms with Gasteiger partial charge < -0.3 is 0 Å². The van der Waals surface area contributed by atoms with E-state index in [0.717, 1.165) is 33.6 Å². The molecule has 2 aliphatic rings. The molecule has 0 saturated carbocycles. The molecule has 2 aromatic heterocycles. The molecule has 0 bridgehead atoms. The van der Waals surface area contributed by atoms with Gasteiger partial charge in [0.05, 0.1) is 16.8 Å². The Labute approximate surface area is 320 Å². The Morgan fingerprint density at radius 2 is 0.764 bits per heavy atom. The fourth-order valence-electron chi connectivity index (χ4n) is 8.94. The van der Waals surface area contributed by atoms with Crippen LogP contribution in [0.4, 0.5) is 0 Å². The average molecular weight is 700 g/mol. The van der Waals surface area contributed by atoms with E-state index in [1.807, 2.05) is 24.4 Å². The van der Waals surface area contributed by atoms with Crippen molar-refractivity contribution in [1.29, 1.82) is 0 Å². The molecule has 0 N–H and O–H groups in total. The quantitative estimate of drug-likeness (QED) is 0.179. The van der Waals surface area contributed by atoms with Crippen molar-refractivity contribution in [2.45, 2.75) is 5.41 Å². The minimum absolute atomic E-state index is 0.370. The second-order valence-corrected chi connectivity index (χ2v) is 14.4. The summed E-state index contributed by atoms with van der Waals surface area (Å²) in [6.07, 6.45) is 3.65. The summed E-state index contributed by atoms with van der Waals surface area (Å²) in [4.78, 5) is 14.6. The molecule has 0 atom stereocenters. The van der Waals surface area contributed by atoms with Crippen LogP contribution in [0.3, 0.4) is 0 Å². The highest BCUT2D eigenvalue weighted by Crippen LogP contribution is 2.63. The highest BCUT2D eigenvalue weighted by molar-refractivity contribution is 5.96. The lowest BCUT2D eigenvalue weighted by Crippen LogP contribution is -2.25. The third-order valence-corrected chi connectivity index (χ3v) is 11.4. The number of pyridine rings is 1. The zero-order valence-corrected chi connectivity index (χ0v) is 29.9. The lowest BCUT2D eigenvalue weighted by molar-refractivity contribution is 0.794. The molecule has 3 heteroatoms. The molecule has 1 spiro atoms. The molecule has 9 aromatic rings. The molecule has 0 saturated heterocycles. The molecule has 0 unspecified atom stereocenters. The van der Waals surface area contributed by atoms with E-state index in [9.17, 15) is 0 Å². The Bertz CT molecular complexity index is 2830. The lowest BCUT2D eigenvalue weighted by atomic mass is 9.70. The summed E-state index contributed by atoms with van der Waals surface area (Å²) in [5.74, 6) is 0.678. The molecule has 2 heterocycles. The van der Waals surface area contributed by atoms with Crippen molar-refractivity contribution in [3.63, 3.8) is 0 Å². The first-order valence-corrected chi connectivity index (χ1v) is 18.8. The Balaban J connectivity index is 1.00. The molecule has 256 valence electrons. The molecule has 3 nitrogen and oxygen atoms in total. The first-order valence-electron chi connectivity index (χ1n) is 18.8. The van der Waals surface area contributed by atoms with E-state index < -0.39 is 0 Å². The first-order chi connectivity index (χ1) is 27.3. The number of benzene rings is 7. The van der Waals surface area contributed by atoms with E-state index in [1.54, 1.807) is 6.20 Å². The third kappa shape index (κ3) is 4.87. The molecule has 7 aromatic carbocycles. The molecule has 11 rings (SSSR count). The van der Waals surface area contributed by atoms with Crippen molar-refractivity contribution >= 4 is 0 Å². The van der Waals surface area contributed by atoms with Gasteiger partial charge in [0.1, 0.15) is 0 Å². The summed E-state index contributed by atoms with van der Waals surface area (Å²) >= 11 is 0.